The number of aromatic nitrogens is 2. The van der Waals surface area contributed by atoms with E-state index in [0.29, 0.717) is 18.5 Å². The summed E-state index contributed by atoms with van der Waals surface area (Å²) < 4.78 is 0. The van der Waals surface area contributed by atoms with Crippen molar-refractivity contribution >= 4 is 5.95 Å². The zero-order valence-electron chi connectivity index (χ0n) is 12.3. The van der Waals surface area contributed by atoms with E-state index >= 15 is 0 Å². The lowest BCUT2D eigenvalue weighted by Gasteiger charge is -2.21. The van der Waals surface area contributed by atoms with Crippen molar-refractivity contribution < 1.29 is 5.11 Å². The van der Waals surface area contributed by atoms with Crippen LogP contribution in [0.25, 0.3) is 0 Å². The van der Waals surface area contributed by atoms with Gasteiger partial charge in [-0.3, -0.25) is 0 Å². The Hall–Kier alpha value is -1.20. The minimum Gasteiger partial charge on any atom is -0.395 e. The molecule has 1 aromatic rings. The second-order valence-corrected chi connectivity index (χ2v) is 4.99. The van der Waals surface area contributed by atoms with E-state index in [9.17, 15) is 0 Å². The lowest BCUT2D eigenvalue weighted by molar-refractivity contribution is 0.301. The van der Waals surface area contributed by atoms with Gasteiger partial charge in [-0.2, -0.15) is 0 Å². The third-order valence-corrected chi connectivity index (χ3v) is 2.84. The largest absolute Gasteiger partial charge is 0.395 e. The summed E-state index contributed by atoms with van der Waals surface area (Å²) in [6.07, 6.45) is 5.92. The topological polar surface area (TPSA) is 61.3 Å². The zero-order chi connectivity index (χ0) is 14.1. The normalized spacial score (nSPS) is 11.0. The second-order valence-electron chi connectivity index (χ2n) is 4.99. The molecule has 0 unspecified atom stereocenters. The van der Waals surface area contributed by atoms with Crippen LogP contribution >= 0.6 is 0 Å². The Labute approximate surface area is 116 Å². The number of rotatable bonds is 9. The zero-order valence-corrected chi connectivity index (χ0v) is 12.3. The summed E-state index contributed by atoms with van der Waals surface area (Å²) in [6, 6.07) is 0.454. The van der Waals surface area contributed by atoms with Crippen LogP contribution in [-0.4, -0.2) is 40.8 Å². The van der Waals surface area contributed by atoms with Gasteiger partial charge in [-0.1, -0.05) is 27.2 Å². The summed E-state index contributed by atoms with van der Waals surface area (Å²) in [5.74, 6) is 0.704. The Morgan fingerprint density at radius 3 is 2.47 bits per heavy atom. The van der Waals surface area contributed by atoms with Crippen molar-refractivity contribution in [3.8, 4) is 0 Å². The maximum absolute atomic E-state index is 9.09. The van der Waals surface area contributed by atoms with Gasteiger partial charge in [0.05, 0.1) is 6.61 Å². The van der Waals surface area contributed by atoms with Crippen molar-refractivity contribution in [2.24, 2.45) is 0 Å². The van der Waals surface area contributed by atoms with Crippen LogP contribution in [0.15, 0.2) is 12.4 Å². The Kier molecular flexibility index (Phi) is 7.36. The molecular weight excluding hydrogens is 240 g/mol. The molecule has 19 heavy (non-hydrogen) atoms. The molecule has 0 aromatic carbocycles. The number of aliphatic hydroxyl groups is 1. The van der Waals surface area contributed by atoms with E-state index in [4.69, 9.17) is 5.11 Å². The smallest absolute Gasteiger partial charge is 0.225 e. The highest BCUT2D eigenvalue weighted by atomic mass is 16.3. The highest BCUT2D eigenvalue weighted by molar-refractivity contribution is 5.29. The number of unbranched alkanes of at least 4 members (excludes halogenated alkanes) is 1. The standard InChI is InChI=1S/C14H26N4O/c1-4-5-6-18(7-8-19)14-16-10-13(11-17-14)9-15-12(2)3/h10-12,15,19H,4-9H2,1-3H3. The van der Waals surface area contributed by atoms with E-state index in [0.717, 1.165) is 31.5 Å². The average molecular weight is 266 g/mol. The first kappa shape index (κ1) is 15.9. The minimum atomic E-state index is 0.129. The molecule has 0 aliphatic heterocycles. The molecule has 1 rings (SSSR count). The predicted molar refractivity (Wildman–Crippen MR) is 78.2 cm³/mol. The van der Waals surface area contributed by atoms with Crippen molar-refractivity contribution in [1.82, 2.24) is 15.3 Å². The van der Waals surface area contributed by atoms with Crippen LogP contribution in [-0.2, 0) is 6.54 Å². The summed E-state index contributed by atoms with van der Waals surface area (Å²) in [5, 5.41) is 12.4. The van der Waals surface area contributed by atoms with Crippen LogP contribution in [0.5, 0.6) is 0 Å². The molecule has 1 heterocycles. The molecule has 5 nitrogen and oxygen atoms in total. The van der Waals surface area contributed by atoms with Gasteiger partial charge in [0.2, 0.25) is 5.95 Å². The average Bonchev–Trinajstić information content (AvgIpc) is 2.42. The molecule has 0 saturated heterocycles. The second kappa shape index (κ2) is 8.82. The van der Waals surface area contributed by atoms with Gasteiger partial charge in [0.25, 0.3) is 0 Å². The van der Waals surface area contributed by atoms with E-state index in [1.165, 1.54) is 0 Å². The van der Waals surface area contributed by atoms with E-state index in [1.807, 2.05) is 17.3 Å². The summed E-state index contributed by atoms with van der Waals surface area (Å²) in [6.45, 7) is 8.77. The molecule has 2 N–H and O–H groups in total. The number of nitrogens with one attached hydrogen (secondary N) is 1. The van der Waals surface area contributed by atoms with Crippen molar-refractivity contribution in [2.75, 3.05) is 24.6 Å². The van der Waals surface area contributed by atoms with Crippen molar-refractivity contribution in [2.45, 2.75) is 46.2 Å². The molecule has 0 bridgehead atoms. The quantitative estimate of drug-likeness (QED) is 0.710. The lowest BCUT2D eigenvalue weighted by atomic mass is 10.3. The van der Waals surface area contributed by atoms with Gasteiger partial charge in [0.15, 0.2) is 0 Å². The third-order valence-electron chi connectivity index (χ3n) is 2.84. The maximum atomic E-state index is 9.09. The number of nitrogens with zero attached hydrogens (tertiary/aromatic N) is 3. The Morgan fingerprint density at radius 1 is 1.26 bits per heavy atom. The first-order chi connectivity index (χ1) is 9.17. The monoisotopic (exact) mass is 266 g/mol. The molecule has 0 atom stereocenters. The molecule has 108 valence electrons. The molecule has 0 spiro atoms. The van der Waals surface area contributed by atoms with Gasteiger partial charge in [-0.15, -0.1) is 0 Å². The first-order valence-corrected chi connectivity index (χ1v) is 7.07. The number of hydrogen-bond donors (Lipinski definition) is 2. The van der Waals surface area contributed by atoms with Crippen LogP contribution in [0, 0.1) is 0 Å². The minimum absolute atomic E-state index is 0.129. The predicted octanol–water partition coefficient (Wildman–Crippen LogP) is 1.57. The number of anilines is 1. The fourth-order valence-electron chi connectivity index (χ4n) is 1.71. The molecule has 0 fully saturated rings. The summed E-state index contributed by atoms with van der Waals surface area (Å²) in [4.78, 5) is 10.8. The van der Waals surface area contributed by atoms with Gasteiger partial charge in [-0.05, 0) is 6.42 Å². The maximum Gasteiger partial charge on any atom is 0.225 e. The van der Waals surface area contributed by atoms with E-state index in [-0.39, 0.29) is 6.61 Å². The van der Waals surface area contributed by atoms with Crippen molar-refractivity contribution in [3.63, 3.8) is 0 Å². The highest BCUT2D eigenvalue weighted by Gasteiger charge is 2.08. The molecule has 0 amide bonds. The van der Waals surface area contributed by atoms with E-state index in [1.54, 1.807) is 0 Å². The molecule has 0 aliphatic rings. The van der Waals surface area contributed by atoms with Gasteiger partial charge in [-0.25, -0.2) is 9.97 Å². The fourth-order valence-corrected chi connectivity index (χ4v) is 1.71. The summed E-state index contributed by atoms with van der Waals surface area (Å²) in [5.41, 5.74) is 1.08. The molecular formula is C14H26N4O. The Morgan fingerprint density at radius 2 is 1.95 bits per heavy atom. The van der Waals surface area contributed by atoms with Crippen molar-refractivity contribution in [3.05, 3.63) is 18.0 Å². The summed E-state index contributed by atoms with van der Waals surface area (Å²) in [7, 11) is 0. The molecule has 0 saturated carbocycles. The SMILES string of the molecule is CCCCN(CCO)c1ncc(CNC(C)C)cn1. The lowest BCUT2D eigenvalue weighted by Crippen LogP contribution is -2.29. The van der Waals surface area contributed by atoms with Crippen LogP contribution < -0.4 is 10.2 Å². The van der Waals surface area contributed by atoms with E-state index in [2.05, 4.69) is 36.1 Å². The van der Waals surface area contributed by atoms with Crippen LogP contribution in [0.4, 0.5) is 5.95 Å². The first-order valence-electron chi connectivity index (χ1n) is 7.07. The van der Waals surface area contributed by atoms with Gasteiger partial charge in [0.1, 0.15) is 0 Å². The highest BCUT2D eigenvalue weighted by Crippen LogP contribution is 2.08. The molecule has 0 aliphatic carbocycles. The third kappa shape index (κ3) is 5.98. The molecule has 1 aromatic heterocycles. The van der Waals surface area contributed by atoms with Crippen LogP contribution in [0.2, 0.25) is 0 Å². The Balaban J connectivity index is 2.60. The van der Waals surface area contributed by atoms with E-state index < -0.39 is 0 Å². The number of aliphatic hydroxyl groups excluding tert-OH is 1. The van der Waals surface area contributed by atoms with Crippen molar-refractivity contribution in [1.29, 1.82) is 0 Å². The van der Waals surface area contributed by atoms with Gasteiger partial charge >= 0.3 is 0 Å². The fraction of sp³-hybridized carbons (Fsp3) is 0.714. The Bertz CT molecular complexity index is 340. The number of hydrogen-bond acceptors (Lipinski definition) is 5. The summed E-state index contributed by atoms with van der Waals surface area (Å²) >= 11 is 0. The van der Waals surface area contributed by atoms with Gasteiger partial charge in [0, 0.05) is 43.6 Å². The molecule has 5 heteroatoms. The van der Waals surface area contributed by atoms with Crippen LogP contribution in [0.1, 0.15) is 39.2 Å². The van der Waals surface area contributed by atoms with Crippen LogP contribution in [0.3, 0.4) is 0 Å². The molecule has 0 radical (unpaired) electrons. The van der Waals surface area contributed by atoms with Gasteiger partial charge < -0.3 is 15.3 Å².